The fourth-order valence-corrected chi connectivity index (χ4v) is 4.41. The summed E-state index contributed by atoms with van der Waals surface area (Å²) in [5.74, 6) is 1.43. The SMILES string of the molecule is CCC1(CNC(=NC)NCCN2CCS(=O)(=O)CC2)CCC1.I. The second-order valence-corrected chi connectivity index (χ2v) is 8.86. The third-order valence-corrected chi connectivity index (χ3v) is 6.79. The molecule has 1 aliphatic carbocycles. The Balaban J connectivity index is 0.00000264. The van der Waals surface area contributed by atoms with Crippen molar-refractivity contribution in [3.05, 3.63) is 0 Å². The van der Waals surface area contributed by atoms with E-state index in [1.54, 1.807) is 7.05 Å². The van der Waals surface area contributed by atoms with Crippen LogP contribution in [0.25, 0.3) is 0 Å². The van der Waals surface area contributed by atoms with Gasteiger partial charge in [-0.15, -0.1) is 24.0 Å². The van der Waals surface area contributed by atoms with E-state index >= 15 is 0 Å². The zero-order valence-electron chi connectivity index (χ0n) is 14.3. The maximum absolute atomic E-state index is 11.4. The number of hydrogen-bond donors (Lipinski definition) is 2. The van der Waals surface area contributed by atoms with E-state index in [2.05, 4.69) is 27.4 Å². The molecule has 2 rings (SSSR count). The number of halogens is 1. The molecule has 2 fully saturated rings. The number of nitrogens with one attached hydrogen (secondary N) is 2. The van der Waals surface area contributed by atoms with Gasteiger partial charge in [0.1, 0.15) is 0 Å². The summed E-state index contributed by atoms with van der Waals surface area (Å²) in [5.41, 5.74) is 0.471. The molecule has 2 N–H and O–H groups in total. The highest BCUT2D eigenvalue weighted by Gasteiger charge is 2.34. The number of sulfone groups is 1. The minimum atomic E-state index is -2.78. The molecule has 0 aromatic rings. The Labute approximate surface area is 157 Å². The number of nitrogens with zero attached hydrogens (tertiary/aromatic N) is 2. The average Bonchev–Trinajstić information content (AvgIpc) is 2.46. The lowest BCUT2D eigenvalue weighted by Crippen LogP contribution is -2.48. The largest absolute Gasteiger partial charge is 0.356 e. The first-order valence-corrected chi connectivity index (χ1v) is 10.2. The molecule has 0 unspecified atom stereocenters. The van der Waals surface area contributed by atoms with Crippen LogP contribution in [-0.4, -0.2) is 70.6 Å². The van der Waals surface area contributed by atoms with Crippen LogP contribution in [0.3, 0.4) is 0 Å². The fourth-order valence-electron chi connectivity index (χ4n) is 3.13. The van der Waals surface area contributed by atoms with E-state index in [9.17, 15) is 8.42 Å². The van der Waals surface area contributed by atoms with Crippen molar-refractivity contribution in [2.45, 2.75) is 32.6 Å². The zero-order chi connectivity index (χ0) is 16.1. The van der Waals surface area contributed by atoms with Gasteiger partial charge >= 0.3 is 0 Å². The van der Waals surface area contributed by atoms with Gasteiger partial charge in [-0.05, 0) is 24.7 Å². The Morgan fingerprint density at radius 2 is 1.87 bits per heavy atom. The zero-order valence-corrected chi connectivity index (χ0v) is 17.5. The molecule has 0 radical (unpaired) electrons. The van der Waals surface area contributed by atoms with Crippen LogP contribution in [0.15, 0.2) is 4.99 Å². The third-order valence-electron chi connectivity index (χ3n) is 5.18. The highest BCUT2D eigenvalue weighted by atomic mass is 127. The molecule has 0 spiro atoms. The van der Waals surface area contributed by atoms with Crippen molar-refractivity contribution in [3.8, 4) is 0 Å². The molecule has 0 aromatic heterocycles. The smallest absolute Gasteiger partial charge is 0.191 e. The first-order valence-electron chi connectivity index (χ1n) is 8.36. The lowest BCUT2D eigenvalue weighted by molar-refractivity contribution is 0.131. The van der Waals surface area contributed by atoms with Crippen molar-refractivity contribution in [2.24, 2.45) is 10.4 Å². The van der Waals surface area contributed by atoms with E-state index in [-0.39, 0.29) is 24.0 Å². The van der Waals surface area contributed by atoms with Crippen LogP contribution in [0, 0.1) is 5.41 Å². The molecule has 8 heteroatoms. The first kappa shape index (κ1) is 21.0. The molecule has 1 heterocycles. The summed E-state index contributed by atoms with van der Waals surface area (Å²) in [6.45, 7) is 6.20. The molecule has 136 valence electrons. The Bertz CT molecular complexity index is 472. The van der Waals surface area contributed by atoms with E-state index in [4.69, 9.17) is 0 Å². The predicted molar refractivity (Wildman–Crippen MR) is 106 cm³/mol. The van der Waals surface area contributed by atoms with Gasteiger partial charge in [-0.2, -0.15) is 0 Å². The minimum Gasteiger partial charge on any atom is -0.356 e. The van der Waals surface area contributed by atoms with Crippen LogP contribution in [0.2, 0.25) is 0 Å². The van der Waals surface area contributed by atoms with Gasteiger partial charge in [0.2, 0.25) is 0 Å². The molecular weight excluding hydrogens is 427 g/mol. The van der Waals surface area contributed by atoms with Crippen molar-refractivity contribution in [1.82, 2.24) is 15.5 Å². The number of hydrogen-bond acceptors (Lipinski definition) is 4. The summed E-state index contributed by atoms with van der Waals surface area (Å²) in [4.78, 5) is 6.46. The molecule has 6 nitrogen and oxygen atoms in total. The van der Waals surface area contributed by atoms with Crippen LogP contribution >= 0.6 is 24.0 Å². The van der Waals surface area contributed by atoms with Crippen molar-refractivity contribution in [3.63, 3.8) is 0 Å². The molecule has 0 bridgehead atoms. The fraction of sp³-hybridized carbons (Fsp3) is 0.933. The van der Waals surface area contributed by atoms with Crippen molar-refractivity contribution in [2.75, 3.05) is 51.3 Å². The molecule has 1 saturated carbocycles. The topological polar surface area (TPSA) is 73.8 Å². The van der Waals surface area contributed by atoms with Gasteiger partial charge in [-0.25, -0.2) is 8.42 Å². The maximum atomic E-state index is 11.4. The molecule has 0 amide bonds. The molecule has 23 heavy (non-hydrogen) atoms. The van der Waals surface area contributed by atoms with Gasteiger partial charge in [-0.3, -0.25) is 9.89 Å². The lowest BCUT2D eigenvalue weighted by atomic mass is 9.67. The Morgan fingerprint density at radius 3 is 2.35 bits per heavy atom. The maximum Gasteiger partial charge on any atom is 0.191 e. The van der Waals surface area contributed by atoms with Crippen molar-refractivity contribution < 1.29 is 8.42 Å². The number of guanidine groups is 1. The second-order valence-electron chi connectivity index (χ2n) is 6.55. The van der Waals surface area contributed by atoms with Crippen LogP contribution in [0.1, 0.15) is 32.6 Å². The van der Waals surface area contributed by atoms with Crippen LogP contribution in [-0.2, 0) is 9.84 Å². The summed E-state index contributed by atoms with van der Waals surface area (Å²) in [7, 11) is -0.990. The van der Waals surface area contributed by atoms with Crippen LogP contribution < -0.4 is 10.6 Å². The summed E-state index contributed by atoms with van der Waals surface area (Å²) < 4.78 is 22.8. The van der Waals surface area contributed by atoms with E-state index in [1.807, 2.05) is 0 Å². The predicted octanol–water partition coefficient (Wildman–Crippen LogP) is 1.08. The van der Waals surface area contributed by atoms with E-state index in [0.29, 0.717) is 30.0 Å². The molecule has 2 aliphatic rings. The average molecular weight is 458 g/mol. The summed E-state index contributed by atoms with van der Waals surface area (Å²) in [6, 6.07) is 0. The van der Waals surface area contributed by atoms with Gasteiger partial charge in [0.25, 0.3) is 0 Å². The van der Waals surface area contributed by atoms with Gasteiger partial charge in [0.05, 0.1) is 11.5 Å². The van der Waals surface area contributed by atoms with Gasteiger partial charge in [0.15, 0.2) is 15.8 Å². The second kappa shape index (κ2) is 9.41. The molecule has 0 aromatic carbocycles. The molecular formula is C15H31IN4O2S. The molecule has 0 atom stereocenters. The normalized spacial score (nSPS) is 23.5. The van der Waals surface area contributed by atoms with Gasteiger partial charge in [-0.1, -0.05) is 13.3 Å². The van der Waals surface area contributed by atoms with E-state index in [1.165, 1.54) is 25.7 Å². The highest BCUT2D eigenvalue weighted by Crippen LogP contribution is 2.42. The molecule has 1 aliphatic heterocycles. The van der Waals surface area contributed by atoms with Crippen LogP contribution in [0.4, 0.5) is 0 Å². The summed E-state index contributed by atoms with van der Waals surface area (Å²) in [6.07, 6.45) is 5.20. The standard InChI is InChI=1S/C15H30N4O2S.HI/c1-3-15(5-4-6-15)13-18-14(16-2)17-7-8-19-9-11-22(20,21)12-10-19;/h3-13H2,1-2H3,(H2,16,17,18);1H. The Hall–Kier alpha value is -0.0900. The molecule has 1 saturated heterocycles. The third kappa shape index (κ3) is 6.38. The lowest BCUT2D eigenvalue weighted by Gasteiger charge is -2.41. The summed E-state index contributed by atoms with van der Waals surface area (Å²) in [5, 5.41) is 6.77. The van der Waals surface area contributed by atoms with E-state index < -0.39 is 9.84 Å². The van der Waals surface area contributed by atoms with Gasteiger partial charge < -0.3 is 10.6 Å². The highest BCUT2D eigenvalue weighted by molar-refractivity contribution is 14.0. The minimum absolute atomic E-state index is 0. The van der Waals surface area contributed by atoms with E-state index in [0.717, 1.165) is 25.6 Å². The van der Waals surface area contributed by atoms with Crippen molar-refractivity contribution >= 4 is 39.8 Å². The Kier molecular flexibility index (Phi) is 8.57. The monoisotopic (exact) mass is 458 g/mol. The number of aliphatic imine (C=N–C) groups is 1. The first-order chi connectivity index (χ1) is 10.5. The van der Waals surface area contributed by atoms with Crippen molar-refractivity contribution in [1.29, 1.82) is 0 Å². The van der Waals surface area contributed by atoms with Gasteiger partial charge in [0, 0.05) is 39.8 Å². The van der Waals surface area contributed by atoms with Crippen LogP contribution in [0.5, 0.6) is 0 Å². The number of rotatable bonds is 6. The quantitative estimate of drug-likeness (QED) is 0.354. The Morgan fingerprint density at radius 1 is 1.22 bits per heavy atom. The summed E-state index contributed by atoms with van der Waals surface area (Å²) >= 11 is 0.